The number of anilines is 1. The van der Waals surface area contributed by atoms with Crippen LogP contribution < -0.4 is 10.1 Å². The molecule has 28 heavy (non-hydrogen) atoms. The van der Waals surface area contributed by atoms with E-state index in [0.717, 1.165) is 29.5 Å². The largest absolute Gasteiger partial charge is 0.495 e. The predicted molar refractivity (Wildman–Crippen MR) is 112 cm³/mol. The van der Waals surface area contributed by atoms with E-state index in [1.54, 1.807) is 7.11 Å². The average molecular weight is 397 g/mol. The lowest BCUT2D eigenvalue weighted by atomic mass is 10.1. The molecule has 7 heteroatoms. The number of hydrogen-bond donors (Lipinski definition) is 1. The van der Waals surface area contributed by atoms with Gasteiger partial charge < -0.3 is 14.6 Å². The van der Waals surface area contributed by atoms with Crippen molar-refractivity contribution < 1.29 is 9.53 Å². The molecule has 1 aromatic heterocycles. The van der Waals surface area contributed by atoms with E-state index in [0.29, 0.717) is 11.4 Å². The van der Waals surface area contributed by atoms with Gasteiger partial charge in [-0.1, -0.05) is 48.2 Å². The van der Waals surface area contributed by atoms with Gasteiger partial charge in [0, 0.05) is 13.0 Å². The highest BCUT2D eigenvalue weighted by molar-refractivity contribution is 7.99. The van der Waals surface area contributed by atoms with Gasteiger partial charge >= 0.3 is 0 Å². The van der Waals surface area contributed by atoms with Crippen molar-refractivity contribution in [2.24, 2.45) is 0 Å². The molecular formula is C21H24N4O2S. The van der Waals surface area contributed by atoms with Crippen LogP contribution in [0.3, 0.4) is 0 Å². The first kappa shape index (κ1) is 19.9. The summed E-state index contributed by atoms with van der Waals surface area (Å²) in [6.07, 6.45) is 0.717. The first-order chi connectivity index (χ1) is 13.6. The fourth-order valence-electron chi connectivity index (χ4n) is 2.89. The van der Waals surface area contributed by atoms with Crippen molar-refractivity contribution in [1.82, 2.24) is 14.8 Å². The van der Waals surface area contributed by atoms with Crippen LogP contribution in [0.1, 0.15) is 23.9 Å². The Kier molecular flexibility index (Phi) is 6.71. The molecule has 0 aliphatic rings. The van der Waals surface area contributed by atoms with E-state index < -0.39 is 0 Å². The lowest BCUT2D eigenvalue weighted by Gasteiger charge is -2.11. The summed E-state index contributed by atoms with van der Waals surface area (Å²) in [7, 11) is 1.59. The quantitative estimate of drug-likeness (QED) is 0.584. The number of thioether (sulfide) groups is 1. The van der Waals surface area contributed by atoms with Crippen LogP contribution in [0.5, 0.6) is 5.75 Å². The zero-order valence-corrected chi connectivity index (χ0v) is 17.1. The zero-order valence-electron chi connectivity index (χ0n) is 16.3. The third kappa shape index (κ3) is 4.92. The molecule has 0 aliphatic heterocycles. The molecule has 1 N–H and O–H groups in total. The number of carbonyl (C=O) groups excluding carboxylic acids is 1. The van der Waals surface area contributed by atoms with E-state index >= 15 is 0 Å². The van der Waals surface area contributed by atoms with Crippen LogP contribution in [0.2, 0.25) is 0 Å². The average Bonchev–Trinajstić information content (AvgIpc) is 3.09. The number of amides is 1. The molecule has 6 nitrogen and oxygen atoms in total. The molecule has 3 aromatic rings. The third-order valence-electron chi connectivity index (χ3n) is 4.28. The number of hydrogen-bond acceptors (Lipinski definition) is 5. The first-order valence-electron chi connectivity index (χ1n) is 9.14. The summed E-state index contributed by atoms with van der Waals surface area (Å²) in [5.74, 6) is 1.69. The molecule has 0 bridgehead atoms. The van der Waals surface area contributed by atoms with Crippen molar-refractivity contribution in [1.29, 1.82) is 0 Å². The highest BCUT2D eigenvalue weighted by Gasteiger charge is 2.14. The molecule has 0 saturated carbocycles. The van der Waals surface area contributed by atoms with Crippen LogP contribution >= 0.6 is 11.8 Å². The van der Waals surface area contributed by atoms with Crippen LogP contribution in [-0.4, -0.2) is 33.5 Å². The number of aromatic nitrogens is 3. The lowest BCUT2D eigenvalue weighted by Crippen LogP contribution is -2.15. The zero-order chi connectivity index (χ0) is 19.9. The first-order valence-corrected chi connectivity index (χ1v) is 10.1. The summed E-state index contributed by atoms with van der Waals surface area (Å²) >= 11 is 1.38. The van der Waals surface area contributed by atoms with E-state index in [-0.39, 0.29) is 11.7 Å². The number of ether oxygens (including phenoxy) is 1. The maximum absolute atomic E-state index is 12.4. The molecule has 0 radical (unpaired) electrons. The number of carbonyl (C=O) groups is 1. The Morgan fingerprint density at radius 2 is 1.96 bits per heavy atom. The van der Waals surface area contributed by atoms with E-state index in [2.05, 4.69) is 39.1 Å². The van der Waals surface area contributed by atoms with Crippen molar-refractivity contribution in [3.8, 4) is 5.75 Å². The summed E-state index contributed by atoms with van der Waals surface area (Å²) in [5, 5.41) is 12.3. The minimum atomic E-state index is -0.107. The highest BCUT2D eigenvalue weighted by atomic mass is 32.2. The number of nitrogens with one attached hydrogen (secondary N) is 1. The topological polar surface area (TPSA) is 69.0 Å². The fourth-order valence-corrected chi connectivity index (χ4v) is 3.71. The number of rotatable bonds is 8. The summed E-state index contributed by atoms with van der Waals surface area (Å²) in [6, 6.07) is 15.9. The van der Waals surface area contributed by atoms with Crippen LogP contribution in [0, 0.1) is 6.92 Å². The Morgan fingerprint density at radius 1 is 1.18 bits per heavy atom. The molecule has 0 atom stereocenters. The smallest absolute Gasteiger partial charge is 0.234 e. The van der Waals surface area contributed by atoms with Crippen molar-refractivity contribution in [2.75, 3.05) is 18.2 Å². The molecule has 0 saturated heterocycles. The Hall–Kier alpha value is -2.80. The van der Waals surface area contributed by atoms with Crippen LogP contribution in [-0.2, 0) is 17.8 Å². The van der Waals surface area contributed by atoms with Crippen molar-refractivity contribution in [3.05, 3.63) is 65.5 Å². The number of methoxy groups -OCH3 is 1. The van der Waals surface area contributed by atoms with Gasteiger partial charge in [0.05, 0.1) is 18.6 Å². The third-order valence-corrected chi connectivity index (χ3v) is 5.24. The minimum Gasteiger partial charge on any atom is -0.495 e. The Morgan fingerprint density at radius 3 is 2.68 bits per heavy atom. The molecule has 2 aromatic carbocycles. The van der Waals surface area contributed by atoms with Crippen molar-refractivity contribution >= 4 is 23.4 Å². The maximum atomic E-state index is 12.4. The second-order valence-corrected chi connectivity index (χ2v) is 7.29. The van der Waals surface area contributed by atoms with Crippen molar-refractivity contribution in [2.45, 2.75) is 32.0 Å². The van der Waals surface area contributed by atoms with E-state index in [1.165, 1.54) is 17.3 Å². The van der Waals surface area contributed by atoms with Gasteiger partial charge in [-0.2, -0.15) is 0 Å². The number of benzene rings is 2. The summed E-state index contributed by atoms with van der Waals surface area (Å²) in [5.41, 5.74) is 2.92. The van der Waals surface area contributed by atoms with Gasteiger partial charge in [0.25, 0.3) is 0 Å². The van der Waals surface area contributed by atoms with Gasteiger partial charge in [-0.05, 0) is 37.1 Å². The molecule has 0 spiro atoms. The SMILES string of the molecule is CCn1c(Cc2ccccc2)nnc1SCC(=O)Nc1cc(C)ccc1OC. The minimum absolute atomic E-state index is 0.107. The Bertz CT molecular complexity index is 941. The molecule has 0 aliphatic carbocycles. The summed E-state index contributed by atoms with van der Waals surface area (Å²) in [6.45, 7) is 4.78. The van der Waals surface area contributed by atoms with Crippen LogP contribution in [0.15, 0.2) is 53.7 Å². The molecule has 3 rings (SSSR count). The lowest BCUT2D eigenvalue weighted by molar-refractivity contribution is -0.113. The normalized spacial score (nSPS) is 10.7. The summed E-state index contributed by atoms with van der Waals surface area (Å²) < 4.78 is 7.37. The van der Waals surface area contributed by atoms with E-state index in [1.807, 2.05) is 43.3 Å². The van der Waals surface area contributed by atoms with Gasteiger partial charge in [-0.3, -0.25) is 4.79 Å². The van der Waals surface area contributed by atoms with Gasteiger partial charge in [0.2, 0.25) is 5.91 Å². The monoisotopic (exact) mass is 396 g/mol. The molecular weight excluding hydrogens is 372 g/mol. The van der Waals surface area contributed by atoms with Crippen LogP contribution in [0.25, 0.3) is 0 Å². The molecule has 146 valence electrons. The van der Waals surface area contributed by atoms with Crippen molar-refractivity contribution in [3.63, 3.8) is 0 Å². The molecule has 1 heterocycles. The van der Waals surface area contributed by atoms with Gasteiger partial charge in [0.1, 0.15) is 11.6 Å². The predicted octanol–water partition coefficient (Wildman–Crippen LogP) is 3.94. The standard InChI is InChI=1S/C21H24N4O2S/c1-4-25-19(13-16-8-6-5-7-9-16)23-24-21(25)28-14-20(26)22-17-12-15(2)10-11-18(17)27-3/h5-12H,4,13-14H2,1-3H3,(H,22,26). The highest BCUT2D eigenvalue weighted by Crippen LogP contribution is 2.26. The van der Waals surface area contributed by atoms with Gasteiger partial charge in [0.15, 0.2) is 5.16 Å². The van der Waals surface area contributed by atoms with Gasteiger partial charge in [-0.25, -0.2) is 0 Å². The number of aryl methyl sites for hydroxylation is 1. The molecule has 1 amide bonds. The second-order valence-electron chi connectivity index (χ2n) is 6.35. The second kappa shape index (κ2) is 9.41. The Labute approximate surface area is 169 Å². The number of nitrogens with zero attached hydrogens (tertiary/aromatic N) is 3. The van der Waals surface area contributed by atoms with Gasteiger partial charge in [-0.15, -0.1) is 10.2 Å². The van der Waals surface area contributed by atoms with E-state index in [4.69, 9.17) is 4.74 Å². The fraction of sp³-hybridized carbons (Fsp3) is 0.286. The molecule has 0 unspecified atom stereocenters. The van der Waals surface area contributed by atoms with Crippen LogP contribution in [0.4, 0.5) is 5.69 Å². The Balaban J connectivity index is 1.64. The van der Waals surface area contributed by atoms with E-state index in [9.17, 15) is 4.79 Å². The maximum Gasteiger partial charge on any atom is 0.234 e. The molecule has 0 fully saturated rings. The summed E-state index contributed by atoms with van der Waals surface area (Å²) in [4.78, 5) is 12.4.